The highest BCUT2D eigenvalue weighted by atomic mass is 35.5. The van der Waals surface area contributed by atoms with E-state index in [2.05, 4.69) is 10.3 Å². The van der Waals surface area contributed by atoms with Crippen LogP contribution in [-0.2, 0) is 14.8 Å². The third kappa shape index (κ3) is 4.74. The number of amides is 1. The number of ether oxygens (including phenoxy) is 1. The second kappa shape index (κ2) is 8.50. The number of pyridine rings is 1. The van der Waals surface area contributed by atoms with Crippen molar-refractivity contribution >= 4 is 39.0 Å². The number of carbonyl (C=O) groups is 1. The molecule has 0 radical (unpaired) electrons. The van der Waals surface area contributed by atoms with E-state index < -0.39 is 32.8 Å². The first-order valence-electron chi connectivity index (χ1n) is 7.83. The summed E-state index contributed by atoms with van der Waals surface area (Å²) >= 11 is 5.96. The number of hydrogen-bond donors (Lipinski definition) is 1. The number of benzene rings is 1. The molecule has 1 N–H and O–H groups in total. The molecule has 0 aliphatic carbocycles. The lowest BCUT2D eigenvalue weighted by Crippen LogP contribution is -2.30. The molecule has 0 saturated carbocycles. The Balaban J connectivity index is 2.20. The minimum absolute atomic E-state index is 0.00184. The molecule has 1 atom stereocenters. The zero-order chi connectivity index (χ0) is 21.1. The standard InChI is InChI=1S/C16H17ClN4O6S/c1-10(27-13-5-4-8-18-15(13)21(23)24)16(22)19-11-6-7-12(17)14(9-11)28(25,26)20(2)3/h4-10H,1-3H3,(H,19,22). The molecule has 150 valence electrons. The van der Waals surface area contributed by atoms with Crippen LogP contribution >= 0.6 is 11.6 Å². The highest BCUT2D eigenvalue weighted by Crippen LogP contribution is 2.27. The Kier molecular flexibility index (Phi) is 6.54. The number of halogens is 1. The smallest absolute Gasteiger partial charge is 0.406 e. The summed E-state index contributed by atoms with van der Waals surface area (Å²) in [5.74, 6) is -1.33. The van der Waals surface area contributed by atoms with Gasteiger partial charge in [0.15, 0.2) is 6.10 Å². The SMILES string of the molecule is CC(Oc1cccnc1[N+](=O)[O-])C(=O)Nc1ccc(Cl)c(S(=O)(=O)N(C)C)c1. The number of nitro groups is 1. The molecular formula is C16H17ClN4O6S. The highest BCUT2D eigenvalue weighted by molar-refractivity contribution is 7.89. The number of aromatic nitrogens is 1. The van der Waals surface area contributed by atoms with Crippen molar-refractivity contribution in [3.8, 4) is 5.75 Å². The van der Waals surface area contributed by atoms with Gasteiger partial charge in [0.1, 0.15) is 11.1 Å². The van der Waals surface area contributed by atoms with Gasteiger partial charge >= 0.3 is 5.82 Å². The molecule has 1 amide bonds. The largest absolute Gasteiger partial charge is 0.473 e. The average Bonchev–Trinajstić information content (AvgIpc) is 2.63. The molecule has 12 heteroatoms. The van der Waals surface area contributed by atoms with Crippen molar-refractivity contribution in [3.63, 3.8) is 0 Å². The van der Waals surface area contributed by atoms with Gasteiger partial charge in [-0.25, -0.2) is 12.7 Å². The third-order valence-electron chi connectivity index (χ3n) is 3.55. The molecule has 0 aliphatic heterocycles. The first kappa shape index (κ1) is 21.5. The van der Waals surface area contributed by atoms with Gasteiger partial charge in [0, 0.05) is 19.8 Å². The van der Waals surface area contributed by atoms with Crippen molar-refractivity contribution in [1.82, 2.24) is 9.29 Å². The van der Waals surface area contributed by atoms with Crippen LogP contribution in [0.1, 0.15) is 6.92 Å². The molecule has 1 unspecified atom stereocenters. The molecule has 0 aliphatic rings. The highest BCUT2D eigenvalue weighted by Gasteiger charge is 2.24. The maximum Gasteiger partial charge on any atom is 0.406 e. The lowest BCUT2D eigenvalue weighted by Gasteiger charge is -2.16. The van der Waals surface area contributed by atoms with Gasteiger partial charge in [0.05, 0.1) is 5.02 Å². The summed E-state index contributed by atoms with van der Waals surface area (Å²) in [6, 6.07) is 6.73. The maximum absolute atomic E-state index is 12.4. The second-order valence-electron chi connectivity index (χ2n) is 5.76. The summed E-state index contributed by atoms with van der Waals surface area (Å²) in [5.41, 5.74) is 0.172. The molecular weight excluding hydrogens is 412 g/mol. The molecule has 1 aromatic heterocycles. The molecule has 2 aromatic rings. The number of nitrogens with zero attached hydrogens (tertiary/aromatic N) is 3. The average molecular weight is 429 g/mol. The van der Waals surface area contributed by atoms with E-state index in [1.807, 2.05) is 0 Å². The Bertz CT molecular complexity index is 1010. The van der Waals surface area contributed by atoms with Crippen molar-refractivity contribution in [2.24, 2.45) is 0 Å². The quantitative estimate of drug-likeness (QED) is 0.528. The Morgan fingerprint density at radius 3 is 2.64 bits per heavy atom. The van der Waals surface area contributed by atoms with Gasteiger partial charge in [-0.05, 0) is 47.2 Å². The van der Waals surface area contributed by atoms with Gasteiger partial charge in [-0.15, -0.1) is 0 Å². The van der Waals surface area contributed by atoms with Gasteiger partial charge in [0.2, 0.25) is 15.8 Å². The van der Waals surface area contributed by atoms with E-state index in [9.17, 15) is 23.3 Å². The van der Waals surface area contributed by atoms with Crippen molar-refractivity contribution in [3.05, 3.63) is 51.7 Å². The lowest BCUT2D eigenvalue weighted by molar-refractivity contribution is -0.390. The summed E-state index contributed by atoms with van der Waals surface area (Å²) in [5, 5.41) is 13.5. The summed E-state index contributed by atoms with van der Waals surface area (Å²) in [7, 11) is -1.10. The second-order valence-corrected chi connectivity index (χ2v) is 8.29. The van der Waals surface area contributed by atoms with E-state index in [0.29, 0.717) is 0 Å². The molecule has 10 nitrogen and oxygen atoms in total. The lowest BCUT2D eigenvalue weighted by atomic mass is 10.3. The molecule has 0 spiro atoms. The van der Waals surface area contributed by atoms with E-state index in [1.54, 1.807) is 0 Å². The molecule has 2 rings (SSSR count). The van der Waals surface area contributed by atoms with Crippen molar-refractivity contribution in [2.45, 2.75) is 17.9 Å². The predicted octanol–water partition coefficient (Wildman–Crippen LogP) is 2.30. The van der Waals surface area contributed by atoms with Gasteiger partial charge < -0.3 is 20.2 Å². The fourth-order valence-electron chi connectivity index (χ4n) is 2.07. The van der Waals surface area contributed by atoms with Crippen molar-refractivity contribution in [1.29, 1.82) is 0 Å². The maximum atomic E-state index is 12.4. The number of rotatable bonds is 7. The molecule has 0 saturated heterocycles. The normalized spacial score (nSPS) is 12.5. The van der Waals surface area contributed by atoms with E-state index in [-0.39, 0.29) is 21.4 Å². The first-order chi connectivity index (χ1) is 13.0. The van der Waals surface area contributed by atoms with Crippen LogP contribution in [0.5, 0.6) is 5.75 Å². The zero-order valence-corrected chi connectivity index (χ0v) is 16.7. The molecule has 28 heavy (non-hydrogen) atoms. The first-order valence-corrected chi connectivity index (χ1v) is 9.65. The monoisotopic (exact) mass is 428 g/mol. The molecule has 0 bridgehead atoms. The van der Waals surface area contributed by atoms with Crippen LogP contribution < -0.4 is 10.1 Å². The van der Waals surface area contributed by atoms with Crippen molar-refractivity contribution < 1.29 is 22.9 Å². The van der Waals surface area contributed by atoms with Crippen LogP contribution in [0.2, 0.25) is 5.02 Å². The van der Waals surface area contributed by atoms with Crippen LogP contribution in [0, 0.1) is 10.1 Å². The summed E-state index contributed by atoms with van der Waals surface area (Å²) in [6.45, 7) is 1.39. The van der Waals surface area contributed by atoms with Crippen LogP contribution in [0.4, 0.5) is 11.5 Å². The topological polar surface area (TPSA) is 132 Å². The minimum atomic E-state index is -3.81. The Morgan fingerprint density at radius 1 is 1.36 bits per heavy atom. The predicted molar refractivity (Wildman–Crippen MR) is 102 cm³/mol. The van der Waals surface area contributed by atoms with Gasteiger partial charge in [0.25, 0.3) is 5.91 Å². The molecule has 0 fully saturated rings. The van der Waals surface area contributed by atoms with Gasteiger partial charge in [-0.1, -0.05) is 11.6 Å². The Labute approximate surface area is 166 Å². The number of sulfonamides is 1. The third-order valence-corrected chi connectivity index (χ3v) is 5.85. The van der Waals surface area contributed by atoms with Crippen LogP contribution in [0.25, 0.3) is 0 Å². The van der Waals surface area contributed by atoms with Gasteiger partial charge in [-0.2, -0.15) is 0 Å². The Morgan fingerprint density at radius 2 is 2.04 bits per heavy atom. The summed E-state index contributed by atoms with van der Waals surface area (Å²) in [6.07, 6.45) is 0.114. The van der Waals surface area contributed by atoms with E-state index >= 15 is 0 Å². The van der Waals surface area contributed by atoms with Crippen molar-refractivity contribution in [2.75, 3.05) is 19.4 Å². The van der Waals surface area contributed by atoms with E-state index in [1.165, 1.54) is 57.5 Å². The van der Waals surface area contributed by atoms with Crippen LogP contribution in [-0.4, -0.2) is 48.7 Å². The van der Waals surface area contributed by atoms with Crippen LogP contribution in [0.15, 0.2) is 41.4 Å². The van der Waals surface area contributed by atoms with E-state index in [4.69, 9.17) is 16.3 Å². The summed E-state index contributed by atoms with van der Waals surface area (Å²) in [4.78, 5) is 26.0. The van der Waals surface area contributed by atoms with E-state index in [0.717, 1.165) is 4.31 Å². The Hall–Kier alpha value is -2.76. The summed E-state index contributed by atoms with van der Waals surface area (Å²) < 4.78 is 30.9. The molecule has 1 heterocycles. The number of anilines is 1. The fraction of sp³-hybridized carbons (Fsp3) is 0.250. The molecule has 1 aromatic carbocycles. The number of carbonyl (C=O) groups excluding carboxylic acids is 1. The minimum Gasteiger partial charge on any atom is -0.473 e. The zero-order valence-electron chi connectivity index (χ0n) is 15.1. The number of hydrogen-bond acceptors (Lipinski definition) is 7. The van der Waals surface area contributed by atoms with Crippen LogP contribution in [0.3, 0.4) is 0 Å². The fourth-order valence-corrected chi connectivity index (χ4v) is 3.47. The van der Waals surface area contributed by atoms with Gasteiger partial charge in [-0.3, -0.25) is 4.79 Å². The number of nitrogens with one attached hydrogen (secondary N) is 1.